The first kappa shape index (κ1) is 17.2. The summed E-state index contributed by atoms with van der Waals surface area (Å²) in [6, 6.07) is 7.62. The molecule has 3 rings (SSSR count). The van der Waals surface area contributed by atoms with E-state index in [-0.39, 0.29) is 24.8 Å². The number of fused-ring (bicyclic) bond motifs is 2. The Balaban J connectivity index is 1.68. The maximum absolute atomic E-state index is 11.2. The first-order valence-corrected chi connectivity index (χ1v) is 7.78. The van der Waals surface area contributed by atoms with Crippen molar-refractivity contribution < 1.29 is 33.2 Å². The Morgan fingerprint density at radius 3 is 2.67 bits per heavy atom. The minimum absolute atomic E-state index is 0.0754. The Bertz CT molecular complexity index is 573. The number of benzene rings is 1. The summed E-state index contributed by atoms with van der Waals surface area (Å²) in [5.74, 6) is 0.420. The van der Waals surface area contributed by atoms with Crippen molar-refractivity contribution in [1.82, 2.24) is 0 Å². The predicted octanol–water partition coefficient (Wildman–Crippen LogP) is 1.28. The summed E-state index contributed by atoms with van der Waals surface area (Å²) in [6.07, 6.45) is -1.25. The molecule has 2 heterocycles. The number of methoxy groups -OCH3 is 2. The molecular weight excluding hydrogens is 316 g/mol. The monoisotopic (exact) mass is 338 g/mol. The van der Waals surface area contributed by atoms with Crippen LogP contribution in [0.15, 0.2) is 24.3 Å². The van der Waals surface area contributed by atoms with Crippen LogP contribution in [0.4, 0.5) is 0 Å². The van der Waals surface area contributed by atoms with Crippen molar-refractivity contribution in [2.75, 3.05) is 27.4 Å². The first-order chi connectivity index (χ1) is 11.6. The molecule has 7 heteroatoms. The van der Waals surface area contributed by atoms with Crippen molar-refractivity contribution in [3.05, 3.63) is 29.8 Å². The normalized spacial score (nSPS) is 31.2. The molecule has 24 heavy (non-hydrogen) atoms. The number of carbonyl (C=O) groups is 1. The molecule has 2 aliphatic heterocycles. The quantitative estimate of drug-likeness (QED) is 0.694. The van der Waals surface area contributed by atoms with E-state index >= 15 is 0 Å². The summed E-state index contributed by atoms with van der Waals surface area (Å²) < 4.78 is 33.3. The van der Waals surface area contributed by atoms with Gasteiger partial charge in [-0.3, -0.25) is 4.79 Å². The van der Waals surface area contributed by atoms with Gasteiger partial charge in [-0.05, 0) is 17.7 Å². The van der Waals surface area contributed by atoms with Crippen LogP contribution in [0, 0.1) is 0 Å². The molecule has 2 saturated heterocycles. The van der Waals surface area contributed by atoms with E-state index in [0.29, 0.717) is 13.2 Å². The second-order valence-electron chi connectivity index (χ2n) is 5.92. The highest BCUT2D eigenvalue weighted by Crippen LogP contribution is 2.42. The molecule has 0 amide bonds. The van der Waals surface area contributed by atoms with Crippen LogP contribution in [0.2, 0.25) is 0 Å². The Morgan fingerprint density at radius 1 is 1.29 bits per heavy atom. The molecule has 0 spiro atoms. The van der Waals surface area contributed by atoms with Crippen LogP contribution < -0.4 is 4.74 Å². The molecular formula is C17H22O7. The first-order valence-electron chi connectivity index (χ1n) is 7.78. The van der Waals surface area contributed by atoms with Crippen molar-refractivity contribution in [3.8, 4) is 5.75 Å². The van der Waals surface area contributed by atoms with E-state index in [1.807, 2.05) is 24.3 Å². The SMILES string of the molecule is COc1ccc(CO[C@@H]2[C@@H]3OC[C@@]2(COC(C)=O)O[C@@H]3OC)cc1. The average molecular weight is 338 g/mol. The van der Waals surface area contributed by atoms with Crippen LogP contribution in [-0.4, -0.2) is 57.5 Å². The summed E-state index contributed by atoms with van der Waals surface area (Å²) in [5.41, 5.74) is 0.169. The van der Waals surface area contributed by atoms with Crippen LogP contribution in [0.25, 0.3) is 0 Å². The van der Waals surface area contributed by atoms with Gasteiger partial charge in [-0.1, -0.05) is 12.1 Å². The van der Waals surface area contributed by atoms with Gasteiger partial charge in [0.2, 0.25) is 0 Å². The number of hydrogen-bond donors (Lipinski definition) is 0. The molecule has 0 N–H and O–H groups in total. The van der Waals surface area contributed by atoms with Gasteiger partial charge in [0.25, 0.3) is 0 Å². The largest absolute Gasteiger partial charge is 0.497 e. The van der Waals surface area contributed by atoms with Crippen LogP contribution in [0.1, 0.15) is 12.5 Å². The van der Waals surface area contributed by atoms with Crippen molar-refractivity contribution in [3.63, 3.8) is 0 Å². The number of hydrogen-bond acceptors (Lipinski definition) is 7. The maximum Gasteiger partial charge on any atom is 0.302 e. The lowest BCUT2D eigenvalue weighted by molar-refractivity contribution is -0.244. The second-order valence-corrected chi connectivity index (χ2v) is 5.92. The Kier molecular flexibility index (Phi) is 5.05. The van der Waals surface area contributed by atoms with Gasteiger partial charge >= 0.3 is 5.97 Å². The van der Waals surface area contributed by atoms with Gasteiger partial charge in [0, 0.05) is 14.0 Å². The smallest absolute Gasteiger partial charge is 0.302 e. The molecule has 2 aliphatic rings. The molecule has 7 nitrogen and oxygen atoms in total. The Morgan fingerprint density at radius 2 is 2.04 bits per heavy atom. The zero-order valence-corrected chi connectivity index (χ0v) is 14.0. The summed E-state index contributed by atoms with van der Waals surface area (Å²) in [5, 5.41) is 0. The molecule has 2 fully saturated rings. The van der Waals surface area contributed by atoms with E-state index < -0.39 is 11.9 Å². The lowest BCUT2D eigenvalue weighted by Gasteiger charge is -2.30. The number of rotatable bonds is 7. The summed E-state index contributed by atoms with van der Waals surface area (Å²) in [6.45, 7) is 2.13. The molecule has 0 aliphatic carbocycles. The van der Waals surface area contributed by atoms with E-state index in [1.54, 1.807) is 14.2 Å². The molecule has 0 radical (unpaired) electrons. The summed E-state index contributed by atoms with van der Waals surface area (Å²) >= 11 is 0. The standard InChI is InChI=1S/C17H22O7/c1-11(18)22-9-17-10-23-14(16(20-3)24-17)15(17)21-8-12-4-6-13(19-2)7-5-12/h4-7,14-16H,8-10H2,1-3H3/t14-,15+,16-,17+/m0/s1. The van der Waals surface area contributed by atoms with Gasteiger partial charge in [0.15, 0.2) is 11.9 Å². The predicted molar refractivity (Wildman–Crippen MR) is 82.6 cm³/mol. The summed E-state index contributed by atoms with van der Waals surface area (Å²) in [7, 11) is 3.18. The fraction of sp³-hybridized carbons (Fsp3) is 0.588. The highest BCUT2D eigenvalue weighted by molar-refractivity contribution is 5.66. The van der Waals surface area contributed by atoms with Crippen LogP contribution in [-0.2, 0) is 35.1 Å². The van der Waals surface area contributed by atoms with Gasteiger partial charge in [-0.15, -0.1) is 0 Å². The van der Waals surface area contributed by atoms with Crippen molar-refractivity contribution in [1.29, 1.82) is 0 Å². The van der Waals surface area contributed by atoms with Crippen molar-refractivity contribution in [2.45, 2.75) is 37.6 Å². The zero-order chi connectivity index (χ0) is 17.2. The van der Waals surface area contributed by atoms with Crippen LogP contribution >= 0.6 is 0 Å². The number of ether oxygens (including phenoxy) is 6. The minimum Gasteiger partial charge on any atom is -0.497 e. The average Bonchev–Trinajstić information content (AvgIpc) is 3.10. The molecule has 0 unspecified atom stereocenters. The van der Waals surface area contributed by atoms with Gasteiger partial charge in [-0.25, -0.2) is 0 Å². The molecule has 132 valence electrons. The fourth-order valence-electron chi connectivity index (χ4n) is 3.05. The molecule has 0 saturated carbocycles. The van der Waals surface area contributed by atoms with E-state index in [4.69, 9.17) is 28.4 Å². The topological polar surface area (TPSA) is 72.5 Å². The van der Waals surface area contributed by atoms with Gasteiger partial charge in [-0.2, -0.15) is 0 Å². The zero-order valence-electron chi connectivity index (χ0n) is 14.0. The van der Waals surface area contributed by atoms with Gasteiger partial charge in [0.1, 0.15) is 24.6 Å². The second kappa shape index (κ2) is 7.06. The van der Waals surface area contributed by atoms with E-state index in [0.717, 1.165) is 11.3 Å². The van der Waals surface area contributed by atoms with E-state index in [2.05, 4.69) is 0 Å². The third-order valence-electron chi connectivity index (χ3n) is 4.30. The fourth-order valence-corrected chi connectivity index (χ4v) is 3.05. The van der Waals surface area contributed by atoms with E-state index in [1.165, 1.54) is 6.92 Å². The van der Waals surface area contributed by atoms with Gasteiger partial charge < -0.3 is 28.4 Å². The molecule has 0 aromatic heterocycles. The van der Waals surface area contributed by atoms with E-state index in [9.17, 15) is 4.79 Å². The van der Waals surface area contributed by atoms with Crippen LogP contribution in [0.3, 0.4) is 0 Å². The minimum atomic E-state index is -0.830. The number of carbonyl (C=O) groups excluding carboxylic acids is 1. The van der Waals surface area contributed by atoms with Crippen molar-refractivity contribution >= 4 is 5.97 Å². The molecule has 4 atom stereocenters. The molecule has 1 aromatic carbocycles. The lowest BCUT2D eigenvalue weighted by Crippen LogP contribution is -2.46. The van der Waals surface area contributed by atoms with Crippen molar-refractivity contribution in [2.24, 2.45) is 0 Å². The van der Waals surface area contributed by atoms with Gasteiger partial charge in [0.05, 0.1) is 20.3 Å². The van der Waals surface area contributed by atoms with Crippen LogP contribution in [0.5, 0.6) is 5.75 Å². The lowest BCUT2D eigenvalue weighted by atomic mass is 10.00. The Labute approximate surface area is 140 Å². The highest BCUT2D eigenvalue weighted by atomic mass is 16.8. The summed E-state index contributed by atoms with van der Waals surface area (Å²) in [4.78, 5) is 11.2. The highest BCUT2D eigenvalue weighted by Gasteiger charge is 2.63. The molecule has 2 bridgehead atoms. The maximum atomic E-state index is 11.2. The number of esters is 1. The third-order valence-corrected chi connectivity index (χ3v) is 4.30. The third kappa shape index (κ3) is 3.25. The Hall–Kier alpha value is -1.67. The molecule has 1 aromatic rings.